The van der Waals surface area contributed by atoms with Crippen molar-refractivity contribution in [1.29, 1.82) is 0 Å². The van der Waals surface area contributed by atoms with Gasteiger partial charge in [-0.25, -0.2) is 0 Å². The van der Waals surface area contributed by atoms with Crippen LogP contribution < -0.4 is 0 Å². The number of rotatable bonds is 5. The minimum absolute atomic E-state index is 0.0629. The van der Waals surface area contributed by atoms with Crippen LogP contribution >= 0.6 is 0 Å². The Morgan fingerprint density at radius 1 is 0.676 bits per heavy atom. The summed E-state index contributed by atoms with van der Waals surface area (Å²) >= 11 is 0. The molecular formula is C24H38O10. The number of carbonyl (C=O) groups excluding carboxylic acids is 5. The van der Waals surface area contributed by atoms with Gasteiger partial charge in [0.25, 0.3) is 0 Å². The molecule has 0 bridgehead atoms. The molecule has 1 aliphatic carbocycles. The van der Waals surface area contributed by atoms with E-state index in [9.17, 15) is 28.8 Å². The van der Waals surface area contributed by atoms with Crippen LogP contribution in [0.4, 0.5) is 0 Å². The van der Waals surface area contributed by atoms with Crippen LogP contribution in [-0.2, 0) is 43.0 Å². The van der Waals surface area contributed by atoms with Crippen molar-refractivity contribution in [3.8, 4) is 0 Å². The number of hydrogen-bond acceptors (Lipinski definition) is 9. The Bertz CT molecular complexity index is 744. The normalized spacial score (nSPS) is 18.9. The highest BCUT2D eigenvalue weighted by Crippen LogP contribution is 2.27. The topological polar surface area (TPSA) is 150 Å². The third kappa shape index (κ3) is 13.7. The van der Waals surface area contributed by atoms with Crippen LogP contribution in [0, 0.1) is 11.8 Å². The van der Waals surface area contributed by atoms with Crippen molar-refractivity contribution >= 4 is 35.4 Å². The largest absolute Gasteiger partial charge is 0.481 e. The van der Waals surface area contributed by atoms with Crippen LogP contribution in [0.1, 0.15) is 88.0 Å². The summed E-state index contributed by atoms with van der Waals surface area (Å²) in [4.78, 5) is 69.0. The average Bonchev–Trinajstić information content (AvgIpc) is 2.57. The lowest BCUT2D eigenvalue weighted by molar-refractivity contribution is -0.171. The van der Waals surface area contributed by atoms with Gasteiger partial charge in [-0.05, 0) is 62.3 Å². The monoisotopic (exact) mass is 486 g/mol. The summed E-state index contributed by atoms with van der Waals surface area (Å²) in [7, 11) is 0. The lowest BCUT2D eigenvalue weighted by atomic mass is 9.80. The van der Waals surface area contributed by atoms with Gasteiger partial charge in [-0.1, -0.05) is 0 Å². The highest BCUT2D eigenvalue weighted by molar-refractivity contribution is 6.12. The van der Waals surface area contributed by atoms with Crippen LogP contribution in [0.5, 0.6) is 0 Å². The second-order valence-electron chi connectivity index (χ2n) is 11.0. The van der Waals surface area contributed by atoms with Gasteiger partial charge in [-0.15, -0.1) is 0 Å². The molecule has 1 aliphatic rings. The molecule has 0 spiro atoms. The molecule has 1 N–H and O–H groups in total. The molecule has 34 heavy (non-hydrogen) atoms. The molecule has 1 fully saturated rings. The van der Waals surface area contributed by atoms with Crippen molar-refractivity contribution in [2.24, 2.45) is 11.8 Å². The number of carboxylic acid groups (broad SMARTS) is 1. The Labute approximate surface area is 200 Å². The van der Waals surface area contributed by atoms with Crippen LogP contribution in [0.15, 0.2) is 0 Å². The number of ether oxygens (including phenoxy) is 3. The zero-order valence-electron chi connectivity index (χ0n) is 21.6. The summed E-state index contributed by atoms with van der Waals surface area (Å²) in [6.45, 7) is 15.3. The number of ketones is 2. The molecule has 2 atom stereocenters. The maximum Gasteiger partial charge on any atom is 0.317 e. The summed E-state index contributed by atoms with van der Waals surface area (Å²) in [5.41, 5.74) is -2.00. The van der Waals surface area contributed by atoms with E-state index in [0.717, 1.165) is 0 Å². The summed E-state index contributed by atoms with van der Waals surface area (Å²) < 4.78 is 15.2. The SMILES string of the molecule is CC(C)(C)OC(=O)C1CC(=O)C(C(=O)OC(C)(C)C)CC1=O.CC(C)(C)OC(=O)CCC(=O)O. The maximum atomic E-state index is 12.1. The molecule has 2 unspecified atom stereocenters. The Kier molecular flexibility index (Phi) is 11.1. The molecule has 0 aromatic carbocycles. The molecule has 0 aliphatic heterocycles. The van der Waals surface area contributed by atoms with Gasteiger partial charge in [-0.2, -0.15) is 0 Å². The molecule has 0 saturated heterocycles. The van der Waals surface area contributed by atoms with E-state index in [1.165, 1.54) is 0 Å². The molecule has 1 rings (SSSR count). The van der Waals surface area contributed by atoms with Gasteiger partial charge in [-0.3, -0.25) is 28.8 Å². The molecule has 194 valence electrons. The molecule has 0 aromatic heterocycles. The molecule has 10 heteroatoms. The Morgan fingerprint density at radius 3 is 1.26 bits per heavy atom. The molecule has 1 saturated carbocycles. The summed E-state index contributed by atoms with van der Waals surface area (Å²) in [5.74, 6) is -6.03. The smallest absolute Gasteiger partial charge is 0.317 e. The summed E-state index contributed by atoms with van der Waals surface area (Å²) in [6, 6.07) is 0. The lowest BCUT2D eigenvalue weighted by Gasteiger charge is -2.29. The van der Waals surface area contributed by atoms with Gasteiger partial charge in [0.05, 0.1) is 12.8 Å². The predicted octanol–water partition coefficient (Wildman–Crippen LogP) is 3.03. The van der Waals surface area contributed by atoms with Crippen molar-refractivity contribution in [2.45, 2.75) is 105 Å². The fourth-order valence-electron chi connectivity index (χ4n) is 2.69. The number of hydrogen-bond donors (Lipinski definition) is 1. The van der Waals surface area contributed by atoms with E-state index in [1.807, 2.05) is 0 Å². The van der Waals surface area contributed by atoms with Gasteiger partial charge in [0.2, 0.25) is 0 Å². The fourth-order valence-corrected chi connectivity index (χ4v) is 2.69. The average molecular weight is 487 g/mol. The van der Waals surface area contributed by atoms with Crippen LogP contribution in [0.3, 0.4) is 0 Å². The van der Waals surface area contributed by atoms with E-state index >= 15 is 0 Å². The van der Waals surface area contributed by atoms with Gasteiger partial charge in [0.15, 0.2) is 0 Å². The van der Waals surface area contributed by atoms with E-state index in [2.05, 4.69) is 0 Å². The second-order valence-corrected chi connectivity index (χ2v) is 11.0. The molecule has 10 nitrogen and oxygen atoms in total. The third-order valence-electron chi connectivity index (χ3n) is 3.93. The molecule has 0 radical (unpaired) electrons. The lowest BCUT2D eigenvalue weighted by Crippen LogP contribution is -2.43. The minimum Gasteiger partial charge on any atom is -0.481 e. The predicted molar refractivity (Wildman–Crippen MR) is 121 cm³/mol. The van der Waals surface area contributed by atoms with Crippen molar-refractivity contribution in [2.75, 3.05) is 0 Å². The van der Waals surface area contributed by atoms with Crippen molar-refractivity contribution in [1.82, 2.24) is 0 Å². The van der Waals surface area contributed by atoms with Gasteiger partial charge in [0.1, 0.15) is 40.2 Å². The Balaban J connectivity index is 0.000000770. The van der Waals surface area contributed by atoms with E-state index in [4.69, 9.17) is 19.3 Å². The summed E-state index contributed by atoms with van der Waals surface area (Å²) in [6.07, 6.45) is -0.850. The second kappa shape index (κ2) is 12.1. The van der Waals surface area contributed by atoms with E-state index in [1.54, 1.807) is 62.3 Å². The maximum absolute atomic E-state index is 12.1. The number of Topliss-reactive ketones (excluding diaryl/α,β-unsaturated/α-hetero) is 2. The van der Waals surface area contributed by atoms with Crippen LogP contribution in [-0.4, -0.2) is 57.4 Å². The van der Waals surface area contributed by atoms with E-state index < -0.39 is 64.1 Å². The quantitative estimate of drug-likeness (QED) is 0.349. The Morgan fingerprint density at radius 2 is 1.00 bits per heavy atom. The highest BCUT2D eigenvalue weighted by atomic mass is 16.6. The van der Waals surface area contributed by atoms with E-state index in [0.29, 0.717) is 0 Å². The first-order valence-electron chi connectivity index (χ1n) is 11.1. The van der Waals surface area contributed by atoms with Gasteiger partial charge in [0, 0.05) is 12.8 Å². The zero-order chi connectivity index (χ0) is 27.1. The molecule has 0 amide bonds. The minimum atomic E-state index is -1.12. The highest BCUT2D eigenvalue weighted by Gasteiger charge is 2.44. The fraction of sp³-hybridized carbons (Fsp3) is 0.750. The van der Waals surface area contributed by atoms with Gasteiger partial charge < -0.3 is 19.3 Å². The molecule has 0 aromatic rings. The van der Waals surface area contributed by atoms with Crippen molar-refractivity contribution < 1.29 is 48.1 Å². The summed E-state index contributed by atoms with van der Waals surface area (Å²) in [5, 5.41) is 8.25. The van der Waals surface area contributed by atoms with Crippen LogP contribution in [0.25, 0.3) is 0 Å². The first-order chi connectivity index (χ1) is 15.1. The standard InChI is InChI=1S/C16H24O6.C8H14O4/c1-15(2,3)21-13(19)9-7-12(18)10(8-11(9)17)14(20)22-16(4,5)6;1-8(2,3)12-7(11)5-4-6(9)10/h9-10H,7-8H2,1-6H3;4-5H2,1-3H3,(H,9,10). The number of aliphatic carboxylic acids is 1. The first-order valence-corrected chi connectivity index (χ1v) is 11.1. The third-order valence-corrected chi connectivity index (χ3v) is 3.93. The molecular weight excluding hydrogens is 448 g/mol. The Hall–Kier alpha value is -2.78. The van der Waals surface area contributed by atoms with E-state index in [-0.39, 0.29) is 25.7 Å². The van der Waals surface area contributed by atoms with Crippen molar-refractivity contribution in [3.05, 3.63) is 0 Å². The number of esters is 3. The van der Waals surface area contributed by atoms with Crippen LogP contribution in [0.2, 0.25) is 0 Å². The number of carbonyl (C=O) groups is 6. The first kappa shape index (κ1) is 31.2. The van der Waals surface area contributed by atoms with Crippen molar-refractivity contribution in [3.63, 3.8) is 0 Å². The van der Waals surface area contributed by atoms with Gasteiger partial charge >= 0.3 is 23.9 Å². The zero-order valence-corrected chi connectivity index (χ0v) is 21.6. The number of carboxylic acids is 1. The molecule has 0 heterocycles.